The van der Waals surface area contributed by atoms with Crippen molar-refractivity contribution in [1.82, 2.24) is 4.72 Å². The van der Waals surface area contributed by atoms with Gasteiger partial charge in [-0.15, -0.1) is 0 Å². The van der Waals surface area contributed by atoms with Crippen molar-refractivity contribution >= 4 is 16.0 Å². The van der Waals surface area contributed by atoms with E-state index < -0.39 is 22.0 Å². The minimum atomic E-state index is -3.63. The van der Waals surface area contributed by atoms with E-state index in [-0.39, 0.29) is 24.5 Å². The molecule has 0 rings (SSSR count). The van der Waals surface area contributed by atoms with Crippen LogP contribution in [0.2, 0.25) is 0 Å². The van der Waals surface area contributed by atoms with Crippen LogP contribution in [0.15, 0.2) is 0 Å². The predicted octanol–water partition coefficient (Wildman–Crippen LogP) is 0.319. The fourth-order valence-electron chi connectivity index (χ4n) is 1.07. The molecule has 1 atom stereocenters. The van der Waals surface area contributed by atoms with Crippen molar-refractivity contribution in [2.24, 2.45) is 5.92 Å². The third-order valence-electron chi connectivity index (χ3n) is 1.94. The van der Waals surface area contributed by atoms with Crippen molar-refractivity contribution in [3.8, 4) is 6.07 Å². The number of sulfonamides is 1. The van der Waals surface area contributed by atoms with Crippen LogP contribution in [-0.4, -0.2) is 31.3 Å². The first-order valence-corrected chi connectivity index (χ1v) is 6.55. The van der Waals surface area contributed by atoms with Gasteiger partial charge in [-0.3, -0.25) is 4.79 Å². The molecule has 0 aromatic carbocycles. The number of carboxylic acid groups (broad SMARTS) is 1. The third kappa shape index (κ3) is 5.68. The highest BCUT2D eigenvalue weighted by Gasteiger charge is 2.26. The number of hydrogen-bond acceptors (Lipinski definition) is 4. The zero-order chi connectivity index (χ0) is 12.8. The van der Waals surface area contributed by atoms with Crippen LogP contribution >= 0.6 is 0 Å². The van der Waals surface area contributed by atoms with Gasteiger partial charge in [0.2, 0.25) is 10.0 Å². The zero-order valence-corrected chi connectivity index (χ0v) is 10.1. The second kappa shape index (κ2) is 6.45. The Morgan fingerprint density at radius 3 is 2.44 bits per heavy atom. The molecule has 0 aliphatic rings. The zero-order valence-electron chi connectivity index (χ0n) is 9.30. The van der Waals surface area contributed by atoms with E-state index >= 15 is 0 Å². The molecule has 92 valence electrons. The fourth-order valence-corrected chi connectivity index (χ4v) is 2.47. The maximum absolute atomic E-state index is 11.4. The molecule has 0 radical (unpaired) electrons. The quantitative estimate of drug-likeness (QED) is 0.631. The summed E-state index contributed by atoms with van der Waals surface area (Å²) in [5.74, 6) is -1.75. The molecule has 0 aromatic heterocycles. The Morgan fingerprint density at radius 1 is 1.50 bits per heavy atom. The summed E-state index contributed by atoms with van der Waals surface area (Å²) in [6.07, 6.45) is 0.344. The van der Waals surface area contributed by atoms with E-state index in [1.807, 2.05) is 6.07 Å². The predicted molar refractivity (Wildman–Crippen MR) is 58.0 cm³/mol. The minimum absolute atomic E-state index is 0.139. The van der Waals surface area contributed by atoms with E-state index in [4.69, 9.17) is 10.4 Å². The number of aliphatic carboxylic acids is 1. The van der Waals surface area contributed by atoms with E-state index in [1.54, 1.807) is 13.8 Å². The molecule has 0 unspecified atom stereocenters. The van der Waals surface area contributed by atoms with Gasteiger partial charge in [0.25, 0.3) is 0 Å². The summed E-state index contributed by atoms with van der Waals surface area (Å²) in [7, 11) is -3.63. The van der Waals surface area contributed by atoms with Gasteiger partial charge in [-0.25, -0.2) is 13.1 Å². The number of nitrogens with one attached hydrogen (secondary N) is 1. The van der Waals surface area contributed by atoms with Crippen LogP contribution in [0.1, 0.15) is 26.7 Å². The summed E-state index contributed by atoms with van der Waals surface area (Å²) < 4.78 is 25.0. The number of rotatable bonds is 7. The highest BCUT2D eigenvalue weighted by atomic mass is 32.2. The normalized spacial score (nSPS) is 13.4. The largest absolute Gasteiger partial charge is 0.480 e. The van der Waals surface area contributed by atoms with Gasteiger partial charge in [0, 0.05) is 6.42 Å². The Balaban J connectivity index is 4.44. The maximum atomic E-state index is 11.4. The molecule has 0 aliphatic heterocycles. The van der Waals surface area contributed by atoms with Crippen LogP contribution in [0.3, 0.4) is 0 Å². The van der Waals surface area contributed by atoms with Crippen LogP contribution in [0, 0.1) is 17.2 Å². The second-order valence-electron chi connectivity index (χ2n) is 3.76. The van der Waals surface area contributed by atoms with Crippen LogP contribution in [0.25, 0.3) is 0 Å². The highest BCUT2D eigenvalue weighted by molar-refractivity contribution is 7.89. The Labute approximate surface area is 95.3 Å². The van der Waals surface area contributed by atoms with Gasteiger partial charge >= 0.3 is 5.97 Å². The lowest BCUT2D eigenvalue weighted by molar-refractivity contribution is -0.140. The lowest BCUT2D eigenvalue weighted by Crippen LogP contribution is -2.45. The fraction of sp³-hybridized carbons (Fsp3) is 0.778. The molecule has 0 fully saturated rings. The Kier molecular flexibility index (Phi) is 6.00. The molecular formula is C9H16N2O4S. The summed E-state index contributed by atoms with van der Waals surface area (Å²) in [6.45, 7) is 3.24. The SMILES string of the molecule is CC(C)[C@H](NS(=O)(=O)CCCC#N)C(=O)O. The summed E-state index contributed by atoms with van der Waals surface area (Å²) in [5.41, 5.74) is 0. The molecular weight excluding hydrogens is 232 g/mol. The third-order valence-corrected chi connectivity index (χ3v) is 3.38. The lowest BCUT2D eigenvalue weighted by Gasteiger charge is -2.17. The van der Waals surface area contributed by atoms with Crippen molar-refractivity contribution in [3.05, 3.63) is 0 Å². The first-order chi connectivity index (χ1) is 7.30. The molecule has 2 N–H and O–H groups in total. The van der Waals surface area contributed by atoms with Gasteiger partial charge in [-0.1, -0.05) is 13.8 Å². The van der Waals surface area contributed by atoms with Crippen molar-refractivity contribution in [3.63, 3.8) is 0 Å². The number of hydrogen-bond donors (Lipinski definition) is 2. The number of carbonyl (C=O) groups is 1. The van der Waals surface area contributed by atoms with E-state index in [0.717, 1.165) is 0 Å². The molecule has 0 aromatic rings. The van der Waals surface area contributed by atoms with Crippen molar-refractivity contribution in [2.75, 3.05) is 5.75 Å². The number of nitriles is 1. The molecule has 0 amide bonds. The summed E-state index contributed by atoms with van der Waals surface area (Å²) in [5, 5.41) is 17.1. The molecule has 0 bridgehead atoms. The van der Waals surface area contributed by atoms with Gasteiger partial charge in [0.05, 0.1) is 11.8 Å². The van der Waals surface area contributed by atoms with E-state index in [2.05, 4.69) is 4.72 Å². The Bertz CT molecular complexity index is 369. The minimum Gasteiger partial charge on any atom is -0.480 e. The van der Waals surface area contributed by atoms with Crippen molar-refractivity contribution < 1.29 is 18.3 Å². The molecule has 7 heteroatoms. The molecule has 16 heavy (non-hydrogen) atoms. The van der Waals surface area contributed by atoms with E-state index in [1.165, 1.54) is 0 Å². The number of carboxylic acids is 1. The lowest BCUT2D eigenvalue weighted by atomic mass is 10.1. The van der Waals surface area contributed by atoms with Gasteiger partial charge in [-0.05, 0) is 12.3 Å². The first kappa shape index (κ1) is 14.9. The Morgan fingerprint density at radius 2 is 2.06 bits per heavy atom. The molecule has 0 aliphatic carbocycles. The monoisotopic (exact) mass is 248 g/mol. The molecule has 0 saturated heterocycles. The maximum Gasteiger partial charge on any atom is 0.321 e. The number of unbranched alkanes of at least 4 members (excludes halogenated alkanes) is 1. The van der Waals surface area contributed by atoms with Gasteiger partial charge < -0.3 is 5.11 Å². The molecule has 0 spiro atoms. The standard InChI is InChI=1S/C9H16N2O4S/c1-7(2)8(9(12)13)11-16(14,15)6-4-3-5-10/h7-8,11H,3-4,6H2,1-2H3,(H,12,13)/t8-/m0/s1. The molecule has 0 heterocycles. The second-order valence-corrected chi connectivity index (χ2v) is 5.63. The first-order valence-electron chi connectivity index (χ1n) is 4.90. The van der Waals surface area contributed by atoms with Crippen LogP contribution in [0.5, 0.6) is 0 Å². The van der Waals surface area contributed by atoms with Gasteiger partial charge in [-0.2, -0.15) is 5.26 Å². The van der Waals surface area contributed by atoms with Crippen LogP contribution in [-0.2, 0) is 14.8 Å². The van der Waals surface area contributed by atoms with Gasteiger partial charge in [0.1, 0.15) is 6.04 Å². The summed E-state index contributed by atoms with van der Waals surface area (Å²) in [6, 6.07) is 0.712. The average molecular weight is 248 g/mol. The van der Waals surface area contributed by atoms with E-state index in [0.29, 0.717) is 0 Å². The van der Waals surface area contributed by atoms with Crippen molar-refractivity contribution in [1.29, 1.82) is 5.26 Å². The number of nitrogens with zero attached hydrogens (tertiary/aromatic N) is 1. The van der Waals surface area contributed by atoms with Crippen LogP contribution < -0.4 is 4.72 Å². The topological polar surface area (TPSA) is 107 Å². The van der Waals surface area contributed by atoms with Crippen LogP contribution in [0.4, 0.5) is 0 Å². The molecule has 6 nitrogen and oxygen atoms in total. The highest BCUT2D eigenvalue weighted by Crippen LogP contribution is 2.04. The smallest absolute Gasteiger partial charge is 0.321 e. The summed E-state index contributed by atoms with van der Waals surface area (Å²) in [4.78, 5) is 10.8. The average Bonchev–Trinajstić information content (AvgIpc) is 2.13. The Hall–Kier alpha value is -1.13. The van der Waals surface area contributed by atoms with E-state index in [9.17, 15) is 13.2 Å². The molecule has 0 saturated carbocycles. The summed E-state index contributed by atoms with van der Waals surface area (Å²) >= 11 is 0. The van der Waals surface area contributed by atoms with Gasteiger partial charge in [0.15, 0.2) is 0 Å². The van der Waals surface area contributed by atoms with Crippen molar-refractivity contribution in [2.45, 2.75) is 32.7 Å².